The first-order valence-electron chi connectivity index (χ1n) is 4.55. The van der Waals surface area contributed by atoms with Crippen molar-refractivity contribution in [1.29, 1.82) is 0 Å². The predicted octanol–water partition coefficient (Wildman–Crippen LogP) is 0.965. The van der Waals surface area contributed by atoms with E-state index in [9.17, 15) is 9.59 Å². The number of hydrogen-bond acceptors (Lipinski definition) is 5. The number of ether oxygens (including phenoxy) is 2. The Kier molecular flexibility index (Phi) is 3.82. The van der Waals surface area contributed by atoms with Gasteiger partial charge in [0.1, 0.15) is 5.75 Å². The van der Waals surface area contributed by atoms with Gasteiger partial charge in [-0.25, -0.2) is 14.6 Å². The molecule has 6 nitrogen and oxygen atoms in total. The number of methoxy groups -OCH3 is 1. The number of hydrogen-bond donors (Lipinski definition) is 1. The van der Waals surface area contributed by atoms with Crippen LogP contribution in [0.5, 0.6) is 5.75 Å². The summed E-state index contributed by atoms with van der Waals surface area (Å²) >= 11 is 0. The number of carbonyl (C=O) groups is 2. The number of aromatic nitrogens is 1. The first kappa shape index (κ1) is 12.0. The SMILES string of the molecule is CCOc1cc(C(=O)O)nc(C(=O)OC)c1. The van der Waals surface area contributed by atoms with Crippen molar-refractivity contribution < 1.29 is 24.2 Å². The maximum atomic E-state index is 11.2. The summed E-state index contributed by atoms with van der Waals surface area (Å²) in [4.78, 5) is 25.6. The minimum Gasteiger partial charge on any atom is -0.494 e. The molecule has 1 aromatic rings. The zero-order valence-corrected chi connectivity index (χ0v) is 8.89. The third kappa shape index (κ3) is 2.69. The molecule has 0 spiro atoms. The Morgan fingerprint density at radius 1 is 1.38 bits per heavy atom. The number of nitrogens with zero attached hydrogens (tertiary/aromatic N) is 1. The van der Waals surface area contributed by atoms with E-state index in [2.05, 4.69) is 9.72 Å². The lowest BCUT2D eigenvalue weighted by molar-refractivity contribution is 0.0593. The van der Waals surface area contributed by atoms with E-state index < -0.39 is 11.9 Å². The van der Waals surface area contributed by atoms with Crippen LogP contribution in [-0.2, 0) is 4.74 Å². The topological polar surface area (TPSA) is 85.7 Å². The lowest BCUT2D eigenvalue weighted by Gasteiger charge is -2.06. The van der Waals surface area contributed by atoms with E-state index in [4.69, 9.17) is 9.84 Å². The lowest BCUT2D eigenvalue weighted by atomic mass is 10.3. The molecule has 86 valence electrons. The molecule has 16 heavy (non-hydrogen) atoms. The van der Waals surface area contributed by atoms with Crippen molar-refractivity contribution in [1.82, 2.24) is 4.98 Å². The molecule has 1 aromatic heterocycles. The number of rotatable bonds is 4. The molecule has 0 aromatic carbocycles. The summed E-state index contributed by atoms with van der Waals surface area (Å²) in [6, 6.07) is 2.58. The van der Waals surface area contributed by atoms with Crippen LogP contribution in [0.1, 0.15) is 27.9 Å². The molecule has 0 fully saturated rings. The maximum absolute atomic E-state index is 11.2. The van der Waals surface area contributed by atoms with Crippen molar-refractivity contribution in [3.8, 4) is 5.75 Å². The number of carboxylic acids is 1. The van der Waals surface area contributed by atoms with Crippen LogP contribution in [0.2, 0.25) is 0 Å². The molecule has 0 amide bonds. The van der Waals surface area contributed by atoms with Gasteiger partial charge in [-0.2, -0.15) is 0 Å². The number of esters is 1. The molecule has 0 saturated heterocycles. The van der Waals surface area contributed by atoms with Gasteiger partial charge in [0, 0.05) is 12.1 Å². The molecule has 0 atom stereocenters. The van der Waals surface area contributed by atoms with Crippen molar-refractivity contribution in [3.63, 3.8) is 0 Å². The van der Waals surface area contributed by atoms with Crippen molar-refractivity contribution in [2.45, 2.75) is 6.92 Å². The van der Waals surface area contributed by atoms with Crippen molar-refractivity contribution >= 4 is 11.9 Å². The molecular weight excluding hydrogens is 214 g/mol. The maximum Gasteiger partial charge on any atom is 0.356 e. The van der Waals surface area contributed by atoms with Gasteiger partial charge >= 0.3 is 11.9 Å². The van der Waals surface area contributed by atoms with E-state index in [-0.39, 0.29) is 17.1 Å². The Bertz CT molecular complexity index is 416. The zero-order valence-electron chi connectivity index (χ0n) is 8.89. The summed E-state index contributed by atoms with van der Waals surface area (Å²) in [5.74, 6) is -1.66. The number of carboxylic acid groups (broad SMARTS) is 1. The van der Waals surface area contributed by atoms with Gasteiger partial charge in [0.15, 0.2) is 11.4 Å². The fourth-order valence-corrected chi connectivity index (χ4v) is 1.07. The second-order valence-corrected chi connectivity index (χ2v) is 2.80. The second kappa shape index (κ2) is 5.11. The molecule has 0 unspecified atom stereocenters. The highest BCUT2D eigenvalue weighted by Crippen LogP contribution is 2.15. The van der Waals surface area contributed by atoms with Crippen LogP contribution in [0.4, 0.5) is 0 Å². The van der Waals surface area contributed by atoms with Crippen molar-refractivity contribution in [3.05, 3.63) is 23.5 Å². The van der Waals surface area contributed by atoms with Crippen LogP contribution in [0, 0.1) is 0 Å². The summed E-state index contributed by atoms with van der Waals surface area (Å²) in [5, 5.41) is 8.79. The molecule has 0 aliphatic carbocycles. The molecule has 1 rings (SSSR count). The number of aromatic carboxylic acids is 1. The molecule has 6 heteroatoms. The Balaban J connectivity index is 3.18. The molecule has 1 N–H and O–H groups in total. The lowest BCUT2D eigenvalue weighted by Crippen LogP contribution is -2.10. The second-order valence-electron chi connectivity index (χ2n) is 2.80. The van der Waals surface area contributed by atoms with Crippen LogP contribution in [0.3, 0.4) is 0 Å². The Labute approximate surface area is 91.8 Å². The standard InChI is InChI=1S/C10H11NO5/c1-3-16-6-4-7(9(12)13)11-8(5-6)10(14)15-2/h4-5H,3H2,1-2H3,(H,12,13). The van der Waals surface area contributed by atoms with Crippen molar-refractivity contribution in [2.75, 3.05) is 13.7 Å². The van der Waals surface area contributed by atoms with Gasteiger partial charge in [-0.15, -0.1) is 0 Å². The van der Waals surface area contributed by atoms with E-state index in [1.165, 1.54) is 19.2 Å². The number of pyridine rings is 1. The van der Waals surface area contributed by atoms with Gasteiger partial charge in [0.25, 0.3) is 0 Å². The highest BCUT2D eigenvalue weighted by molar-refractivity contribution is 5.91. The third-order valence-corrected chi connectivity index (χ3v) is 1.72. The molecule has 1 heterocycles. The van der Waals surface area contributed by atoms with Gasteiger partial charge in [0.05, 0.1) is 13.7 Å². The van der Waals surface area contributed by atoms with E-state index in [0.29, 0.717) is 6.61 Å². The summed E-state index contributed by atoms with van der Waals surface area (Å²) < 4.78 is 9.58. The van der Waals surface area contributed by atoms with Gasteiger partial charge in [0.2, 0.25) is 0 Å². The van der Waals surface area contributed by atoms with Crippen LogP contribution >= 0.6 is 0 Å². The summed E-state index contributed by atoms with van der Waals surface area (Å²) in [6.45, 7) is 2.11. The van der Waals surface area contributed by atoms with E-state index in [1.54, 1.807) is 6.92 Å². The molecular formula is C10H11NO5. The highest BCUT2D eigenvalue weighted by Gasteiger charge is 2.14. The molecule has 0 saturated carbocycles. The Hall–Kier alpha value is -2.11. The van der Waals surface area contributed by atoms with Gasteiger partial charge in [-0.3, -0.25) is 0 Å². The summed E-state index contributed by atoms with van der Waals surface area (Å²) in [5.41, 5.74) is -0.350. The Morgan fingerprint density at radius 3 is 2.50 bits per heavy atom. The van der Waals surface area contributed by atoms with E-state index in [0.717, 1.165) is 0 Å². The van der Waals surface area contributed by atoms with Gasteiger partial charge < -0.3 is 14.6 Å². The molecule has 0 aliphatic heterocycles. The molecule has 0 aliphatic rings. The third-order valence-electron chi connectivity index (χ3n) is 1.72. The fourth-order valence-electron chi connectivity index (χ4n) is 1.07. The summed E-state index contributed by atoms with van der Waals surface area (Å²) in [6.07, 6.45) is 0. The molecule has 0 bridgehead atoms. The minimum absolute atomic E-state index is 0.0918. The predicted molar refractivity (Wildman–Crippen MR) is 53.7 cm³/mol. The van der Waals surface area contributed by atoms with E-state index >= 15 is 0 Å². The monoisotopic (exact) mass is 225 g/mol. The summed E-state index contributed by atoms with van der Waals surface area (Å²) in [7, 11) is 1.19. The van der Waals surface area contributed by atoms with Crippen LogP contribution < -0.4 is 4.74 Å². The first-order valence-corrected chi connectivity index (χ1v) is 4.55. The highest BCUT2D eigenvalue weighted by atomic mass is 16.5. The van der Waals surface area contributed by atoms with Crippen molar-refractivity contribution in [2.24, 2.45) is 0 Å². The van der Waals surface area contributed by atoms with Crippen LogP contribution in [0.15, 0.2) is 12.1 Å². The zero-order chi connectivity index (χ0) is 12.1. The molecule has 0 radical (unpaired) electrons. The quantitative estimate of drug-likeness (QED) is 0.768. The fraction of sp³-hybridized carbons (Fsp3) is 0.300. The average Bonchev–Trinajstić information content (AvgIpc) is 2.28. The minimum atomic E-state index is -1.23. The normalized spacial score (nSPS) is 9.62. The smallest absolute Gasteiger partial charge is 0.356 e. The van der Waals surface area contributed by atoms with Gasteiger partial charge in [-0.05, 0) is 6.92 Å². The first-order chi connectivity index (χ1) is 7.58. The van der Waals surface area contributed by atoms with E-state index in [1.807, 2.05) is 0 Å². The Morgan fingerprint density at radius 2 is 2.00 bits per heavy atom. The van der Waals surface area contributed by atoms with Gasteiger partial charge in [-0.1, -0.05) is 0 Å². The van der Waals surface area contributed by atoms with Crippen LogP contribution in [-0.4, -0.2) is 35.7 Å². The van der Waals surface area contributed by atoms with Crippen LogP contribution in [0.25, 0.3) is 0 Å². The largest absolute Gasteiger partial charge is 0.494 e. The average molecular weight is 225 g/mol. The number of carbonyl (C=O) groups excluding carboxylic acids is 1.